The number of hydrogen-bond acceptors (Lipinski definition) is 2. The van der Waals surface area contributed by atoms with Crippen molar-refractivity contribution in [3.05, 3.63) is 29.8 Å². The molecule has 2 aliphatic rings. The van der Waals surface area contributed by atoms with Gasteiger partial charge >= 0.3 is 0 Å². The number of nitrogens with one attached hydrogen (secondary N) is 1. The Balaban J connectivity index is 1.61. The first kappa shape index (κ1) is 13.9. The molecule has 1 aromatic carbocycles. The first-order valence-electron chi connectivity index (χ1n) is 8.06. The largest absolute Gasteiger partial charge is 0.381 e. The topological polar surface area (TPSA) is 15.3 Å². The summed E-state index contributed by atoms with van der Waals surface area (Å²) in [7, 11) is 0. The molecule has 1 N–H and O–H groups in total. The van der Waals surface area contributed by atoms with Crippen molar-refractivity contribution >= 4 is 5.69 Å². The van der Waals surface area contributed by atoms with Crippen LogP contribution in [0.15, 0.2) is 24.3 Å². The molecule has 2 unspecified atom stereocenters. The van der Waals surface area contributed by atoms with Crippen molar-refractivity contribution < 1.29 is 0 Å². The molecule has 1 saturated heterocycles. The molecule has 110 valence electrons. The van der Waals surface area contributed by atoms with Crippen LogP contribution in [-0.4, -0.2) is 29.6 Å². The summed E-state index contributed by atoms with van der Waals surface area (Å²) in [5.74, 6) is 0. The van der Waals surface area contributed by atoms with Crippen LogP contribution in [0.1, 0.15) is 52.5 Å². The van der Waals surface area contributed by atoms with E-state index in [9.17, 15) is 0 Å². The lowest BCUT2D eigenvalue weighted by molar-refractivity contribution is 0.257. The molecule has 3 rings (SSSR count). The second kappa shape index (κ2) is 5.07. The fourth-order valence-electron chi connectivity index (χ4n) is 3.38. The van der Waals surface area contributed by atoms with Gasteiger partial charge in [0.25, 0.3) is 0 Å². The Morgan fingerprint density at radius 2 is 1.75 bits per heavy atom. The van der Waals surface area contributed by atoms with Crippen LogP contribution >= 0.6 is 0 Å². The molecular formula is C18H28N2. The van der Waals surface area contributed by atoms with Crippen molar-refractivity contribution in [2.75, 3.05) is 11.9 Å². The van der Waals surface area contributed by atoms with Gasteiger partial charge in [-0.05, 0) is 49.3 Å². The molecule has 2 nitrogen and oxygen atoms in total. The van der Waals surface area contributed by atoms with E-state index in [-0.39, 0.29) is 5.41 Å². The molecule has 20 heavy (non-hydrogen) atoms. The van der Waals surface area contributed by atoms with E-state index in [0.717, 1.165) is 12.1 Å². The summed E-state index contributed by atoms with van der Waals surface area (Å²) in [5.41, 5.74) is 2.92. The summed E-state index contributed by atoms with van der Waals surface area (Å²) in [6.07, 6.45) is 4.10. The van der Waals surface area contributed by atoms with Crippen LogP contribution in [0.3, 0.4) is 0 Å². The normalized spacial score (nSPS) is 27.8. The Bertz CT molecular complexity index is 453. The van der Waals surface area contributed by atoms with E-state index in [1.54, 1.807) is 0 Å². The molecular weight excluding hydrogens is 244 g/mol. The van der Waals surface area contributed by atoms with E-state index in [0.29, 0.717) is 6.04 Å². The highest BCUT2D eigenvalue weighted by atomic mass is 15.3. The summed E-state index contributed by atoms with van der Waals surface area (Å²) in [6, 6.07) is 11.3. The number of likely N-dealkylation sites (tertiary alicyclic amines) is 1. The van der Waals surface area contributed by atoms with Crippen LogP contribution in [0, 0.1) is 0 Å². The number of benzene rings is 1. The van der Waals surface area contributed by atoms with E-state index in [4.69, 9.17) is 0 Å². The van der Waals surface area contributed by atoms with Gasteiger partial charge in [0.15, 0.2) is 0 Å². The fraction of sp³-hybridized carbons (Fsp3) is 0.667. The number of rotatable bonds is 3. The van der Waals surface area contributed by atoms with Crippen LogP contribution in [0.5, 0.6) is 0 Å². The molecule has 1 heterocycles. The van der Waals surface area contributed by atoms with Crippen LogP contribution in [-0.2, 0) is 5.41 Å². The maximum absolute atomic E-state index is 3.72. The van der Waals surface area contributed by atoms with Crippen molar-refractivity contribution in [2.24, 2.45) is 0 Å². The van der Waals surface area contributed by atoms with Crippen molar-refractivity contribution in [3.8, 4) is 0 Å². The van der Waals surface area contributed by atoms with Gasteiger partial charge in [0.05, 0.1) is 0 Å². The summed E-state index contributed by atoms with van der Waals surface area (Å²) in [4.78, 5) is 2.70. The van der Waals surface area contributed by atoms with E-state index in [1.807, 2.05) is 0 Å². The molecule has 2 atom stereocenters. The standard InChI is InChI=1S/C18H28N2/c1-13-11-16(12-20(13)17-9-10-17)19-15-7-5-14(6-8-15)18(2,3)4/h5-8,13,16-17,19H,9-12H2,1-4H3. The van der Waals surface area contributed by atoms with Gasteiger partial charge < -0.3 is 5.32 Å². The highest BCUT2D eigenvalue weighted by Gasteiger charge is 2.38. The number of anilines is 1. The predicted octanol–water partition coefficient (Wildman–Crippen LogP) is 4.02. The van der Waals surface area contributed by atoms with E-state index >= 15 is 0 Å². The van der Waals surface area contributed by atoms with Crippen LogP contribution in [0.2, 0.25) is 0 Å². The Labute approximate surface area is 123 Å². The summed E-state index contributed by atoms with van der Waals surface area (Å²) < 4.78 is 0. The molecule has 0 amide bonds. The predicted molar refractivity (Wildman–Crippen MR) is 86.4 cm³/mol. The molecule has 0 aromatic heterocycles. The molecule has 0 spiro atoms. The van der Waals surface area contributed by atoms with Gasteiger partial charge in [0.1, 0.15) is 0 Å². The van der Waals surface area contributed by atoms with Gasteiger partial charge in [0.2, 0.25) is 0 Å². The molecule has 1 aliphatic heterocycles. The Hall–Kier alpha value is -1.02. The third-order valence-corrected chi connectivity index (χ3v) is 4.76. The molecule has 0 bridgehead atoms. The zero-order valence-electron chi connectivity index (χ0n) is 13.3. The maximum Gasteiger partial charge on any atom is 0.0403 e. The van der Waals surface area contributed by atoms with Crippen molar-refractivity contribution in [1.29, 1.82) is 0 Å². The SMILES string of the molecule is CC1CC(Nc2ccc(C(C)(C)C)cc2)CN1C1CC1. The average molecular weight is 272 g/mol. The molecule has 1 aromatic rings. The van der Waals surface area contributed by atoms with Crippen molar-refractivity contribution in [3.63, 3.8) is 0 Å². The summed E-state index contributed by atoms with van der Waals surface area (Å²) >= 11 is 0. The number of nitrogens with zero attached hydrogens (tertiary/aromatic N) is 1. The second-order valence-electron chi connectivity index (χ2n) is 7.68. The Kier molecular flexibility index (Phi) is 3.53. The highest BCUT2D eigenvalue weighted by Crippen LogP contribution is 2.34. The first-order valence-corrected chi connectivity index (χ1v) is 8.06. The third-order valence-electron chi connectivity index (χ3n) is 4.76. The molecule has 0 radical (unpaired) electrons. The molecule has 1 saturated carbocycles. The maximum atomic E-state index is 3.72. The zero-order chi connectivity index (χ0) is 14.3. The van der Waals surface area contributed by atoms with Gasteiger partial charge in [0, 0.05) is 30.4 Å². The average Bonchev–Trinajstić information content (AvgIpc) is 3.14. The van der Waals surface area contributed by atoms with Gasteiger partial charge in [-0.2, -0.15) is 0 Å². The lowest BCUT2D eigenvalue weighted by atomic mass is 9.87. The Morgan fingerprint density at radius 1 is 1.10 bits per heavy atom. The summed E-state index contributed by atoms with van der Waals surface area (Å²) in [6.45, 7) is 10.4. The quantitative estimate of drug-likeness (QED) is 0.894. The van der Waals surface area contributed by atoms with Crippen LogP contribution in [0.4, 0.5) is 5.69 Å². The second-order valence-corrected chi connectivity index (χ2v) is 7.68. The van der Waals surface area contributed by atoms with Crippen LogP contribution in [0.25, 0.3) is 0 Å². The Morgan fingerprint density at radius 3 is 2.30 bits per heavy atom. The van der Waals surface area contributed by atoms with Crippen LogP contribution < -0.4 is 5.32 Å². The number of hydrogen-bond donors (Lipinski definition) is 1. The van der Waals surface area contributed by atoms with Gasteiger partial charge in [-0.15, -0.1) is 0 Å². The molecule has 1 aliphatic carbocycles. The minimum absolute atomic E-state index is 0.239. The van der Waals surface area contributed by atoms with E-state index < -0.39 is 0 Å². The first-order chi connectivity index (χ1) is 9.43. The fourth-order valence-corrected chi connectivity index (χ4v) is 3.38. The van der Waals surface area contributed by atoms with Gasteiger partial charge in [-0.3, -0.25) is 4.90 Å². The molecule has 2 fully saturated rings. The van der Waals surface area contributed by atoms with Gasteiger partial charge in [-0.25, -0.2) is 0 Å². The van der Waals surface area contributed by atoms with E-state index in [1.165, 1.54) is 37.1 Å². The van der Waals surface area contributed by atoms with Crippen molar-refractivity contribution in [2.45, 2.75) is 70.5 Å². The van der Waals surface area contributed by atoms with Gasteiger partial charge in [-0.1, -0.05) is 32.9 Å². The lowest BCUT2D eigenvalue weighted by Crippen LogP contribution is -2.31. The molecule has 2 heteroatoms. The lowest BCUT2D eigenvalue weighted by Gasteiger charge is -2.21. The minimum Gasteiger partial charge on any atom is -0.381 e. The minimum atomic E-state index is 0.239. The van der Waals surface area contributed by atoms with E-state index in [2.05, 4.69) is 62.2 Å². The van der Waals surface area contributed by atoms with Crippen molar-refractivity contribution in [1.82, 2.24) is 4.90 Å². The monoisotopic (exact) mass is 272 g/mol. The summed E-state index contributed by atoms with van der Waals surface area (Å²) in [5, 5.41) is 3.72. The highest BCUT2D eigenvalue weighted by molar-refractivity contribution is 5.47. The zero-order valence-corrected chi connectivity index (χ0v) is 13.3. The third kappa shape index (κ3) is 3.01. The smallest absolute Gasteiger partial charge is 0.0403 e.